The Morgan fingerprint density at radius 2 is 1.27 bits per heavy atom. The second kappa shape index (κ2) is 20.7. The molecule has 0 aliphatic carbocycles. The molecule has 0 radical (unpaired) electrons. The number of aromatic nitrogens is 8. The predicted molar refractivity (Wildman–Crippen MR) is 242 cm³/mol. The van der Waals surface area contributed by atoms with Crippen LogP contribution >= 0.6 is 11.8 Å². The SMILES string of the molecule is CCn1nc(C)c(F)c1C(=O)Nc1nc2cc(C(=O)OC)cc(OCCCN3CCOCC3)c2n1C/C=C/Cn1c(NC(=O)c2c(F)c(C)nn2CC)nc2cc(C(=O)OC)cc(SC)c21. The number of thioether (sulfide) groups is 1. The Bertz CT molecular complexity index is 2840. The first-order chi connectivity index (χ1) is 31.8. The van der Waals surface area contributed by atoms with Crippen molar-refractivity contribution in [2.45, 2.75) is 65.2 Å². The number of methoxy groups -OCH3 is 2. The van der Waals surface area contributed by atoms with Gasteiger partial charge in [0.1, 0.15) is 11.3 Å². The molecule has 1 aliphatic heterocycles. The summed E-state index contributed by atoms with van der Waals surface area (Å²) < 4.78 is 58.4. The Morgan fingerprint density at radius 1 is 0.773 bits per heavy atom. The number of esters is 2. The zero-order valence-electron chi connectivity index (χ0n) is 37.7. The van der Waals surface area contributed by atoms with E-state index < -0.39 is 35.4 Å². The number of anilines is 2. The number of imidazole rings is 2. The van der Waals surface area contributed by atoms with Crippen LogP contribution in [0.5, 0.6) is 5.75 Å². The van der Waals surface area contributed by atoms with E-state index in [0.29, 0.717) is 46.8 Å². The molecule has 22 heteroatoms. The first-order valence-electron chi connectivity index (χ1n) is 21.3. The van der Waals surface area contributed by atoms with Crippen molar-refractivity contribution < 1.29 is 46.9 Å². The molecule has 6 aromatic rings. The summed E-state index contributed by atoms with van der Waals surface area (Å²) in [5, 5.41) is 13.8. The zero-order chi connectivity index (χ0) is 47.2. The van der Waals surface area contributed by atoms with Crippen LogP contribution in [0.4, 0.5) is 20.7 Å². The summed E-state index contributed by atoms with van der Waals surface area (Å²) in [4.78, 5) is 65.5. The Kier molecular flexibility index (Phi) is 14.8. The molecule has 0 bridgehead atoms. The molecule has 5 heterocycles. The number of aryl methyl sites for hydroxylation is 4. The van der Waals surface area contributed by atoms with E-state index in [4.69, 9.17) is 28.9 Å². The average Bonchev–Trinajstić information content (AvgIpc) is 4.03. The van der Waals surface area contributed by atoms with Gasteiger partial charge in [-0.05, 0) is 64.6 Å². The van der Waals surface area contributed by atoms with Gasteiger partial charge in [-0.2, -0.15) is 10.2 Å². The Morgan fingerprint density at radius 3 is 1.77 bits per heavy atom. The predicted octanol–water partition coefficient (Wildman–Crippen LogP) is 5.87. The fraction of sp³-hybridized carbons (Fsp3) is 0.409. The number of halogens is 2. The van der Waals surface area contributed by atoms with E-state index in [-0.39, 0.29) is 84.1 Å². The maximum atomic E-state index is 15.4. The van der Waals surface area contributed by atoms with E-state index in [1.54, 1.807) is 53.3 Å². The first kappa shape index (κ1) is 47.3. The van der Waals surface area contributed by atoms with Crippen LogP contribution in [0, 0.1) is 25.5 Å². The lowest BCUT2D eigenvalue weighted by Gasteiger charge is -2.26. The van der Waals surface area contributed by atoms with Crippen molar-refractivity contribution in [2.24, 2.45) is 0 Å². The largest absolute Gasteiger partial charge is 0.491 e. The van der Waals surface area contributed by atoms with Crippen LogP contribution in [0.3, 0.4) is 0 Å². The van der Waals surface area contributed by atoms with Crippen LogP contribution in [0.2, 0.25) is 0 Å². The number of ether oxygens (including phenoxy) is 4. The second-order valence-electron chi connectivity index (χ2n) is 15.1. The van der Waals surface area contributed by atoms with Gasteiger partial charge < -0.3 is 28.1 Å². The molecule has 66 heavy (non-hydrogen) atoms. The number of nitrogens with zero attached hydrogens (tertiary/aromatic N) is 9. The molecular weight excluding hydrogens is 881 g/mol. The lowest BCUT2D eigenvalue weighted by molar-refractivity contribution is 0.0358. The highest BCUT2D eigenvalue weighted by Gasteiger charge is 2.27. The maximum absolute atomic E-state index is 15.4. The molecule has 19 nitrogen and oxygen atoms in total. The number of morpholine rings is 1. The minimum atomic E-state index is -0.797. The highest BCUT2D eigenvalue weighted by atomic mass is 32.2. The number of hydrogen-bond donors (Lipinski definition) is 2. The summed E-state index contributed by atoms with van der Waals surface area (Å²) in [6.45, 7) is 11.0. The number of carbonyl (C=O) groups excluding carboxylic acids is 4. The first-order valence-corrected chi connectivity index (χ1v) is 22.5. The number of allylic oxidation sites excluding steroid dienone is 2. The molecule has 7 rings (SSSR count). The summed E-state index contributed by atoms with van der Waals surface area (Å²) in [6, 6.07) is 6.28. The van der Waals surface area contributed by atoms with Crippen molar-refractivity contribution in [1.82, 2.24) is 43.6 Å². The number of amides is 2. The Labute approximate surface area is 382 Å². The minimum Gasteiger partial charge on any atom is -0.491 e. The van der Waals surface area contributed by atoms with Gasteiger partial charge in [0.15, 0.2) is 23.0 Å². The summed E-state index contributed by atoms with van der Waals surface area (Å²) in [7, 11) is 2.53. The molecule has 0 unspecified atom stereocenters. The van der Waals surface area contributed by atoms with Crippen molar-refractivity contribution in [3.63, 3.8) is 0 Å². The molecule has 1 saturated heterocycles. The maximum Gasteiger partial charge on any atom is 0.338 e. The van der Waals surface area contributed by atoms with E-state index in [0.717, 1.165) is 19.6 Å². The molecule has 0 saturated carbocycles. The highest BCUT2D eigenvalue weighted by molar-refractivity contribution is 7.98. The van der Waals surface area contributed by atoms with Gasteiger partial charge in [-0.25, -0.2) is 28.3 Å². The topological polar surface area (TPSA) is 204 Å². The van der Waals surface area contributed by atoms with Gasteiger partial charge >= 0.3 is 11.9 Å². The van der Waals surface area contributed by atoms with Gasteiger partial charge in [0.2, 0.25) is 11.9 Å². The molecule has 0 spiro atoms. The van der Waals surface area contributed by atoms with Gasteiger partial charge in [0.25, 0.3) is 11.8 Å². The molecular formula is C44H51F2N11O8S. The molecule has 0 atom stereocenters. The smallest absolute Gasteiger partial charge is 0.338 e. The van der Waals surface area contributed by atoms with Crippen molar-refractivity contribution >= 4 is 69.5 Å². The van der Waals surface area contributed by atoms with Gasteiger partial charge in [-0.15, -0.1) is 11.8 Å². The van der Waals surface area contributed by atoms with Crippen LogP contribution in [-0.4, -0.2) is 127 Å². The van der Waals surface area contributed by atoms with Gasteiger partial charge in [0.05, 0.1) is 73.1 Å². The number of fused-ring (bicyclic) bond motifs is 2. The Balaban J connectivity index is 1.28. The van der Waals surface area contributed by atoms with Crippen LogP contribution in [0.15, 0.2) is 41.3 Å². The number of benzene rings is 2. The van der Waals surface area contributed by atoms with Gasteiger partial charge in [-0.1, -0.05) is 12.2 Å². The van der Waals surface area contributed by atoms with E-state index in [1.165, 1.54) is 55.3 Å². The van der Waals surface area contributed by atoms with Gasteiger partial charge in [-0.3, -0.25) is 34.5 Å². The van der Waals surface area contributed by atoms with E-state index in [2.05, 4.69) is 25.7 Å². The third-order valence-corrected chi connectivity index (χ3v) is 11.7. The molecule has 2 aromatic carbocycles. The highest BCUT2D eigenvalue weighted by Crippen LogP contribution is 2.34. The Hall–Kier alpha value is -6.65. The van der Waals surface area contributed by atoms with E-state index in [9.17, 15) is 19.2 Å². The second-order valence-corrected chi connectivity index (χ2v) is 16.0. The number of carbonyl (C=O) groups is 4. The van der Waals surface area contributed by atoms with Crippen LogP contribution in [0.25, 0.3) is 22.1 Å². The molecule has 350 valence electrons. The number of hydrogen-bond acceptors (Lipinski definition) is 14. The van der Waals surface area contributed by atoms with Crippen molar-refractivity contribution in [2.75, 3.05) is 70.6 Å². The number of nitrogens with one attached hydrogen (secondary N) is 2. The van der Waals surface area contributed by atoms with Crippen molar-refractivity contribution in [1.29, 1.82) is 0 Å². The fourth-order valence-electron chi connectivity index (χ4n) is 7.73. The van der Waals surface area contributed by atoms with E-state index in [1.807, 2.05) is 6.26 Å². The lowest BCUT2D eigenvalue weighted by atomic mass is 10.2. The standard InChI is InChI=1S/C44H51F2N11O8S/c1-8-56-37(33(45)25(3)51-56)39(58)49-43-47-29-21-27(41(60)62-5)23-31(65-18-12-13-53-16-19-64-20-17-53)35(29)54(43)14-10-11-15-55-36-30(22-28(42(61)63-6)24-32(36)66-7)48-44(55)50-40(59)38-34(46)26(4)52-57(38)9-2/h10-11,21-24H,8-9,12-20H2,1-7H3,(H,47,49,58)(H,48,50,59)/b11-10+. The molecule has 2 amide bonds. The minimum absolute atomic E-state index is 0.0200. The molecule has 2 N–H and O–H groups in total. The summed E-state index contributed by atoms with van der Waals surface area (Å²) in [6.07, 6.45) is 6.05. The normalized spacial score (nSPS) is 13.2. The number of rotatable bonds is 18. The molecule has 1 fully saturated rings. The van der Waals surface area contributed by atoms with Crippen LogP contribution in [-0.2, 0) is 40.4 Å². The van der Waals surface area contributed by atoms with Gasteiger partial charge in [0, 0.05) is 50.7 Å². The van der Waals surface area contributed by atoms with E-state index >= 15 is 8.78 Å². The van der Waals surface area contributed by atoms with Crippen LogP contribution < -0.4 is 15.4 Å². The third-order valence-electron chi connectivity index (χ3n) is 11.0. The summed E-state index contributed by atoms with van der Waals surface area (Å²) in [5.41, 5.74) is 1.63. The molecule has 4 aromatic heterocycles. The average molecular weight is 932 g/mol. The molecule has 1 aliphatic rings. The van der Waals surface area contributed by atoms with Crippen LogP contribution in [0.1, 0.15) is 73.3 Å². The fourth-order valence-corrected chi connectivity index (χ4v) is 8.38. The monoisotopic (exact) mass is 931 g/mol. The third kappa shape index (κ3) is 9.65. The van der Waals surface area contributed by atoms with Crippen molar-refractivity contribution in [3.8, 4) is 5.75 Å². The van der Waals surface area contributed by atoms with Crippen molar-refractivity contribution in [3.05, 3.63) is 82.0 Å². The quantitative estimate of drug-likeness (QED) is 0.0448. The zero-order valence-corrected chi connectivity index (χ0v) is 38.5. The lowest BCUT2D eigenvalue weighted by Crippen LogP contribution is -2.37. The summed E-state index contributed by atoms with van der Waals surface area (Å²) >= 11 is 1.35. The summed E-state index contributed by atoms with van der Waals surface area (Å²) in [5.74, 6) is -3.95.